The fraction of sp³-hybridized carbons (Fsp3) is 0.588. The SMILES string of the molecule is CC(N)C1CCN(S(=O)(=O)c2ccc3c(c2)CCCC(=O)N3)CC1.Cl. The molecule has 1 fully saturated rings. The molecule has 0 bridgehead atoms. The quantitative estimate of drug-likeness (QED) is 0.830. The molecule has 0 aliphatic carbocycles. The summed E-state index contributed by atoms with van der Waals surface area (Å²) in [5.41, 5.74) is 7.56. The van der Waals surface area contributed by atoms with Crippen LogP contribution < -0.4 is 11.1 Å². The minimum Gasteiger partial charge on any atom is -0.328 e. The molecule has 2 aliphatic rings. The van der Waals surface area contributed by atoms with Gasteiger partial charge < -0.3 is 11.1 Å². The zero-order valence-electron chi connectivity index (χ0n) is 14.4. The third kappa shape index (κ3) is 4.34. The van der Waals surface area contributed by atoms with Crippen LogP contribution in [0.1, 0.15) is 38.2 Å². The molecule has 6 nitrogen and oxygen atoms in total. The predicted molar refractivity (Wildman–Crippen MR) is 100 cm³/mol. The van der Waals surface area contributed by atoms with Crippen molar-refractivity contribution in [2.24, 2.45) is 11.7 Å². The Hall–Kier alpha value is -1.15. The number of halogens is 1. The molecule has 8 heteroatoms. The highest BCUT2D eigenvalue weighted by atomic mass is 35.5. The minimum absolute atomic E-state index is 0. The van der Waals surface area contributed by atoms with E-state index in [-0.39, 0.29) is 24.4 Å². The molecule has 140 valence electrons. The maximum absolute atomic E-state index is 12.9. The minimum atomic E-state index is -3.49. The number of hydrogen-bond donors (Lipinski definition) is 2. The van der Waals surface area contributed by atoms with E-state index < -0.39 is 10.0 Å². The highest BCUT2D eigenvalue weighted by Gasteiger charge is 2.31. The van der Waals surface area contributed by atoms with Gasteiger partial charge in [-0.3, -0.25) is 4.79 Å². The van der Waals surface area contributed by atoms with Crippen LogP contribution >= 0.6 is 12.4 Å². The van der Waals surface area contributed by atoms with Gasteiger partial charge in [0.05, 0.1) is 4.90 Å². The van der Waals surface area contributed by atoms with Crippen LogP contribution in [0.25, 0.3) is 0 Å². The van der Waals surface area contributed by atoms with Gasteiger partial charge in [0.1, 0.15) is 0 Å². The van der Waals surface area contributed by atoms with Crippen LogP contribution in [0.15, 0.2) is 23.1 Å². The second-order valence-electron chi connectivity index (χ2n) is 6.82. The van der Waals surface area contributed by atoms with Crippen molar-refractivity contribution in [3.63, 3.8) is 0 Å². The summed E-state index contributed by atoms with van der Waals surface area (Å²) in [6.45, 7) is 3.01. The van der Waals surface area contributed by atoms with Crippen molar-refractivity contribution in [1.82, 2.24) is 4.31 Å². The number of carbonyl (C=O) groups excluding carboxylic acids is 1. The first-order valence-electron chi connectivity index (χ1n) is 8.56. The first-order valence-corrected chi connectivity index (χ1v) is 10.0. The van der Waals surface area contributed by atoms with Gasteiger partial charge in [-0.25, -0.2) is 8.42 Å². The average molecular weight is 388 g/mol. The fourth-order valence-electron chi connectivity index (χ4n) is 3.50. The molecule has 25 heavy (non-hydrogen) atoms. The molecule has 1 amide bonds. The molecule has 1 saturated heterocycles. The van der Waals surface area contributed by atoms with Crippen molar-refractivity contribution in [2.75, 3.05) is 18.4 Å². The van der Waals surface area contributed by atoms with Crippen molar-refractivity contribution in [3.05, 3.63) is 23.8 Å². The fourth-order valence-corrected chi connectivity index (χ4v) is 5.02. The third-order valence-electron chi connectivity index (χ3n) is 5.08. The molecular weight excluding hydrogens is 362 g/mol. The lowest BCUT2D eigenvalue weighted by Gasteiger charge is -2.33. The summed E-state index contributed by atoms with van der Waals surface area (Å²) in [7, 11) is -3.49. The number of fused-ring (bicyclic) bond motifs is 1. The number of nitrogens with one attached hydrogen (secondary N) is 1. The zero-order valence-corrected chi connectivity index (χ0v) is 16.0. The molecule has 0 saturated carbocycles. The van der Waals surface area contributed by atoms with E-state index in [1.165, 1.54) is 0 Å². The van der Waals surface area contributed by atoms with E-state index in [4.69, 9.17) is 5.73 Å². The number of hydrogen-bond acceptors (Lipinski definition) is 4. The maximum Gasteiger partial charge on any atom is 0.243 e. The highest BCUT2D eigenvalue weighted by Crippen LogP contribution is 2.29. The topological polar surface area (TPSA) is 92.5 Å². The van der Waals surface area contributed by atoms with Crippen LogP contribution in [0.3, 0.4) is 0 Å². The van der Waals surface area contributed by atoms with E-state index in [0.29, 0.717) is 36.7 Å². The summed E-state index contributed by atoms with van der Waals surface area (Å²) in [6.07, 6.45) is 3.53. The van der Waals surface area contributed by atoms with Crippen molar-refractivity contribution in [3.8, 4) is 0 Å². The molecule has 0 aromatic heterocycles. The molecule has 0 radical (unpaired) electrons. The lowest BCUT2D eigenvalue weighted by molar-refractivity contribution is -0.116. The molecule has 1 unspecified atom stereocenters. The predicted octanol–water partition coefficient (Wildman–Crippen LogP) is 2.13. The van der Waals surface area contributed by atoms with Crippen molar-refractivity contribution in [1.29, 1.82) is 0 Å². The van der Waals surface area contributed by atoms with E-state index in [2.05, 4.69) is 5.32 Å². The number of aryl methyl sites for hydroxylation is 1. The summed E-state index contributed by atoms with van der Waals surface area (Å²) >= 11 is 0. The molecule has 2 aliphatic heterocycles. The Kier molecular flexibility index (Phi) is 6.48. The largest absolute Gasteiger partial charge is 0.328 e. The van der Waals surface area contributed by atoms with E-state index in [1.54, 1.807) is 22.5 Å². The van der Waals surface area contributed by atoms with Crippen LogP contribution in [-0.2, 0) is 21.2 Å². The molecule has 1 aromatic rings. The van der Waals surface area contributed by atoms with Crippen molar-refractivity contribution >= 4 is 34.0 Å². The number of benzene rings is 1. The van der Waals surface area contributed by atoms with Gasteiger partial charge >= 0.3 is 0 Å². The van der Waals surface area contributed by atoms with Gasteiger partial charge in [-0.05, 0) is 62.3 Å². The smallest absolute Gasteiger partial charge is 0.243 e. The van der Waals surface area contributed by atoms with Crippen LogP contribution in [0.2, 0.25) is 0 Å². The monoisotopic (exact) mass is 387 g/mol. The molecule has 0 spiro atoms. The molecule has 2 heterocycles. The number of anilines is 1. The van der Waals surface area contributed by atoms with Gasteiger partial charge in [0.2, 0.25) is 15.9 Å². The van der Waals surface area contributed by atoms with Crippen molar-refractivity contribution in [2.45, 2.75) is 50.0 Å². The number of nitrogens with zero attached hydrogens (tertiary/aromatic N) is 1. The summed E-state index contributed by atoms with van der Waals surface area (Å²) in [5, 5.41) is 2.84. The van der Waals surface area contributed by atoms with E-state index in [0.717, 1.165) is 30.5 Å². The molecule has 1 aromatic carbocycles. The Balaban J connectivity index is 0.00000225. The summed E-state index contributed by atoms with van der Waals surface area (Å²) in [5.74, 6) is 0.376. The molecule has 1 atom stereocenters. The Morgan fingerprint density at radius 1 is 1.24 bits per heavy atom. The van der Waals surface area contributed by atoms with Gasteiger partial charge in [-0.1, -0.05) is 0 Å². The Bertz CT molecular complexity index is 729. The van der Waals surface area contributed by atoms with Gasteiger partial charge in [-0.15, -0.1) is 12.4 Å². The number of sulfonamides is 1. The molecule has 3 N–H and O–H groups in total. The number of amides is 1. The standard InChI is InChI=1S/C17H25N3O3S.ClH/c1-12(18)13-7-9-20(10-8-13)24(22,23)15-5-6-16-14(11-15)3-2-4-17(21)19-16;/h5-6,11-13H,2-4,7-10,18H2,1H3,(H,19,21);1H. The number of nitrogens with two attached hydrogens (primary N) is 1. The second-order valence-corrected chi connectivity index (χ2v) is 8.76. The Labute approximate surface area is 155 Å². The first-order chi connectivity index (χ1) is 11.4. The Morgan fingerprint density at radius 2 is 1.92 bits per heavy atom. The molecule has 3 rings (SSSR count). The second kappa shape index (κ2) is 8.03. The zero-order chi connectivity index (χ0) is 17.3. The lowest BCUT2D eigenvalue weighted by Crippen LogP contribution is -2.42. The Morgan fingerprint density at radius 3 is 2.56 bits per heavy atom. The van der Waals surface area contributed by atoms with Gasteiger partial charge in [0, 0.05) is 31.2 Å². The lowest BCUT2D eigenvalue weighted by atomic mass is 9.92. The number of rotatable bonds is 3. The van der Waals surface area contributed by atoms with Gasteiger partial charge in [0.15, 0.2) is 0 Å². The highest BCUT2D eigenvalue weighted by molar-refractivity contribution is 7.89. The van der Waals surface area contributed by atoms with Crippen LogP contribution in [0.5, 0.6) is 0 Å². The van der Waals surface area contributed by atoms with Crippen LogP contribution in [0.4, 0.5) is 5.69 Å². The normalized spacial score (nSPS) is 20.8. The average Bonchev–Trinajstić information content (AvgIpc) is 2.74. The number of carbonyl (C=O) groups is 1. The summed E-state index contributed by atoms with van der Waals surface area (Å²) in [6, 6.07) is 5.12. The van der Waals surface area contributed by atoms with Gasteiger partial charge in [-0.2, -0.15) is 4.31 Å². The number of piperidine rings is 1. The van der Waals surface area contributed by atoms with Crippen molar-refractivity contribution < 1.29 is 13.2 Å². The maximum atomic E-state index is 12.9. The van der Waals surface area contributed by atoms with Crippen LogP contribution in [-0.4, -0.2) is 37.8 Å². The first kappa shape index (κ1) is 20.2. The van der Waals surface area contributed by atoms with E-state index >= 15 is 0 Å². The summed E-state index contributed by atoms with van der Waals surface area (Å²) < 4.78 is 27.4. The summed E-state index contributed by atoms with van der Waals surface area (Å²) in [4.78, 5) is 11.9. The van der Waals surface area contributed by atoms with E-state index in [1.807, 2.05) is 6.92 Å². The van der Waals surface area contributed by atoms with Crippen LogP contribution in [0, 0.1) is 5.92 Å². The van der Waals surface area contributed by atoms with E-state index in [9.17, 15) is 13.2 Å². The third-order valence-corrected chi connectivity index (χ3v) is 6.98. The molecular formula is C17H26ClN3O3S. The van der Waals surface area contributed by atoms with Gasteiger partial charge in [0.25, 0.3) is 0 Å².